The minimum Gasteiger partial charge on any atom is -0.416 e. The number of nitrogens with one attached hydrogen (secondary N) is 1. The molecule has 0 aromatic heterocycles. The monoisotopic (exact) mass is 653 g/mol. The van der Waals surface area contributed by atoms with Crippen LogP contribution in [0.4, 0.5) is 42.1 Å². The molecule has 0 amide bonds. The van der Waals surface area contributed by atoms with Crippen LogP contribution in [0.2, 0.25) is 5.02 Å². The first-order valence-electron chi connectivity index (χ1n) is 8.07. The Morgan fingerprint density at radius 2 is 1.44 bits per heavy atom. The van der Waals surface area contributed by atoms with E-state index in [0.717, 1.165) is 0 Å². The average molecular weight is 655 g/mol. The lowest BCUT2D eigenvalue weighted by Gasteiger charge is -2.16. The van der Waals surface area contributed by atoms with Gasteiger partial charge in [-0.05, 0) is 62.8 Å². The Labute approximate surface area is 201 Å². The highest BCUT2D eigenvalue weighted by Gasteiger charge is 2.31. The van der Waals surface area contributed by atoms with Crippen LogP contribution >= 0.6 is 50.1 Å². The number of rotatable bonds is 4. The van der Waals surface area contributed by atoms with Crippen molar-refractivity contribution >= 4 is 67.5 Å². The van der Waals surface area contributed by atoms with Gasteiger partial charge in [0.25, 0.3) is 0 Å². The molecule has 0 unspecified atom stereocenters. The molecule has 3 nitrogen and oxygen atoms in total. The highest BCUT2D eigenvalue weighted by molar-refractivity contribution is 14.1. The van der Waals surface area contributed by atoms with Crippen LogP contribution in [0.25, 0.3) is 0 Å². The number of halogens is 10. The van der Waals surface area contributed by atoms with Crippen LogP contribution in [0, 0.1) is 44.3 Å². The van der Waals surface area contributed by atoms with Crippen LogP contribution < -0.4 is 10.1 Å². The molecule has 13 heteroatoms. The summed E-state index contributed by atoms with van der Waals surface area (Å²) in [4.78, 5) is 12.5. The second-order valence-corrected chi connectivity index (χ2v) is 8.45. The molecule has 0 bridgehead atoms. The van der Waals surface area contributed by atoms with E-state index in [1.165, 1.54) is 18.2 Å². The van der Waals surface area contributed by atoms with E-state index in [-0.39, 0.29) is 10.7 Å². The molecule has 1 N–H and O–H groups in total. The average Bonchev–Trinajstić information content (AvgIpc) is 2.75. The first-order valence-corrected chi connectivity index (χ1v) is 10.3. The van der Waals surface area contributed by atoms with Crippen molar-refractivity contribution in [3.8, 4) is 5.75 Å². The summed E-state index contributed by atoms with van der Waals surface area (Å²) in [6.07, 6.45) is 0. The summed E-state index contributed by atoms with van der Waals surface area (Å²) >= 11 is 10.6. The number of carbonyl (C=O) groups excluding carboxylic acids is 1. The largest absolute Gasteiger partial charge is 0.416 e. The van der Waals surface area contributed by atoms with Gasteiger partial charge in [0.2, 0.25) is 34.8 Å². The minimum absolute atomic E-state index is 0.0120. The first-order chi connectivity index (χ1) is 14.9. The molecule has 0 radical (unpaired) electrons. The predicted octanol–water partition coefficient (Wildman–Crippen LogP) is 7.64. The molecule has 3 aromatic rings. The number of esters is 1. The molecule has 0 heterocycles. The smallest absolute Gasteiger partial charge is 0.346 e. The molecule has 32 heavy (non-hydrogen) atoms. The second-order valence-electron chi connectivity index (χ2n) is 5.95. The fourth-order valence-electron chi connectivity index (χ4n) is 2.43. The van der Waals surface area contributed by atoms with Crippen molar-refractivity contribution < 1.29 is 40.3 Å². The van der Waals surface area contributed by atoms with Gasteiger partial charge in [0.05, 0.1) is 26.4 Å². The number of hydrogen-bond acceptors (Lipinski definition) is 3. The maximum atomic E-state index is 14.6. The zero-order valence-corrected chi connectivity index (χ0v) is 19.4. The van der Waals surface area contributed by atoms with Crippen molar-refractivity contribution in [1.82, 2.24) is 0 Å². The van der Waals surface area contributed by atoms with Crippen molar-refractivity contribution in [2.24, 2.45) is 0 Å². The normalized spacial score (nSPS) is 10.9. The van der Waals surface area contributed by atoms with E-state index in [1.54, 1.807) is 0 Å². The Bertz CT molecular complexity index is 1250. The van der Waals surface area contributed by atoms with Gasteiger partial charge < -0.3 is 10.1 Å². The summed E-state index contributed by atoms with van der Waals surface area (Å²) in [6.45, 7) is 0. The van der Waals surface area contributed by atoms with Gasteiger partial charge in [-0.3, -0.25) is 0 Å². The van der Waals surface area contributed by atoms with Gasteiger partial charge in [0, 0.05) is 3.57 Å². The Hall–Kier alpha value is -2.06. The number of ether oxygens (including phenoxy) is 1. The Kier molecular flexibility index (Phi) is 7.25. The number of hydrogen-bond donors (Lipinski definition) is 1. The van der Waals surface area contributed by atoms with Crippen molar-refractivity contribution in [1.29, 1.82) is 0 Å². The lowest BCUT2D eigenvalue weighted by Crippen LogP contribution is -2.16. The van der Waals surface area contributed by atoms with E-state index in [1.807, 2.05) is 22.6 Å². The van der Waals surface area contributed by atoms with Gasteiger partial charge in [-0.1, -0.05) is 11.6 Å². The molecule has 0 aliphatic rings. The zero-order valence-electron chi connectivity index (χ0n) is 14.9. The van der Waals surface area contributed by atoms with Crippen molar-refractivity contribution in [2.45, 2.75) is 0 Å². The van der Waals surface area contributed by atoms with Crippen LogP contribution in [0.3, 0.4) is 0 Å². The number of benzene rings is 3. The van der Waals surface area contributed by atoms with Gasteiger partial charge >= 0.3 is 5.97 Å². The predicted molar refractivity (Wildman–Crippen MR) is 113 cm³/mol. The maximum absolute atomic E-state index is 14.6. The SMILES string of the molecule is O=C(Oc1c(F)c(F)c(F)c(F)c1F)c1cc(Br)c(F)c(F)c1Nc1ccc(I)cc1Cl. The summed E-state index contributed by atoms with van der Waals surface area (Å²) in [5, 5.41) is 2.41. The van der Waals surface area contributed by atoms with Crippen molar-refractivity contribution in [2.75, 3.05) is 5.32 Å². The Balaban J connectivity index is 2.11. The molecule has 0 aliphatic heterocycles. The van der Waals surface area contributed by atoms with Crippen LogP contribution in [-0.4, -0.2) is 5.97 Å². The zero-order chi connectivity index (χ0) is 23.9. The van der Waals surface area contributed by atoms with Gasteiger partial charge in [-0.2, -0.15) is 8.78 Å². The third kappa shape index (κ3) is 4.53. The highest BCUT2D eigenvalue weighted by Crippen LogP contribution is 2.36. The molecule has 3 rings (SSSR count). The fourth-order valence-corrected chi connectivity index (χ4v) is 3.73. The van der Waals surface area contributed by atoms with Crippen LogP contribution in [0.1, 0.15) is 10.4 Å². The summed E-state index contributed by atoms with van der Waals surface area (Å²) < 4.78 is 101. The summed E-state index contributed by atoms with van der Waals surface area (Å²) in [5.74, 6) is -18.8. The van der Waals surface area contributed by atoms with E-state index in [9.17, 15) is 35.5 Å². The van der Waals surface area contributed by atoms with E-state index in [2.05, 4.69) is 26.0 Å². The van der Waals surface area contributed by atoms with Crippen molar-refractivity contribution in [3.05, 3.63) is 83.6 Å². The highest BCUT2D eigenvalue weighted by atomic mass is 127. The lowest BCUT2D eigenvalue weighted by atomic mass is 10.1. The third-order valence-electron chi connectivity index (χ3n) is 3.94. The van der Waals surface area contributed by atoms with Crippen LogP contribution in [0.15, 0.2) is 28.7 Å². The first kappa shape index (κ1) is 24.6. The molecule has 3 aromatic carbocycles. The van der Waals surface area contributed by atoms with Crippen molar-refractivity contribution in [3.63, 3.8) is 0 Å². The molecule has 0 aliphatic carbocycles. The van der Waals surface area contributed by atoms with Crippen LogP contribution in [-0.2, 0) is 0 Å². The molecule has 0 atom stereocenters. The standard InChI is InChI=1S/C19H5BrClF7INO2/c20-7-4-6(19(31)32-18-15(27)12(24)11(23)13(25)16(18)28)17(14(26)10(7)22)30-9-2-1-5(29)3-8(9)21/h1-4,30H. The summed E-state index contributed by atoms with van der Waals surface area (Å²) in [5.41, 5.74) is -1.69. The van der Waals surface area contributed by atoms with E-state index >= 15 is 0 Å². The Morgan fingerprint density at radius 3 is 2.00 bits per heavy atom. The molecular weight excluding hydrogens is 649 g/mol. The van der Waals surface area contributed by atoms with Gasteiger partial charge in [0.1, 0.15) is 0 Å². The van der Waals surface area contributed by atoms with E-state index in [0.29, 0.717) is 9.64 Å². The van der Waals surface area contributed by atoms with E-state index < -0.39 is 68.2 Å². The topological polar surface area (TPSA) is 38.3 Å². The molecule has 168 valence electrons. The molecule has 0 fully saturated rings. The Morgan fingerprint density at radius 1 is 0.875 bits per heavy atom. The number of carbonyl (C=O) groups is 1. The van der Waals surface area contributed by atoms with Crippen LogP contribution in [0.5, 0.6) is 5.75 Å². The molecule has 0 saturated heterocycles. The minimum atomic E-state index is -2.47. The number of anilines is 2. The van der Waals surface area contributed by atoms with Gasteiger partial charge in [-0.25, -0.2) is 26.7 Å². The molecule has 0 saturated carbocycles. The van der Waals surface area contributed by atoms with E-state index in [4.69, 9.17) is 11.6 Å². The molecule has 0 spiro atoms. The summed E-state index contributed by atoms with van der Waals surface area (Å²) in [6, 6.07) is 5.04. The third-order valence-corrected chi connectivity index (χ3v) is 5.50. The summed E-state index contributed by atoms with van der Waals surface area (Å²) in [7, 11) is 0. The molecular formula is C19H5BrClF7INO2. The second kappa shape index (κ2) is 9.43. The van der Waals surface area contributed by atoms with Gasteiger partial charge in [-0.15, -0.1) is 0 Å². The van der Waals surface area contributed by atoms with Gasteiger partial charge in [0.15, 0.2) is 11.6 Å². The quantitative estimate of drug-likeness (QED) is 0.0785. The lowest BCUT2D eigenvalue weighted by molar-refractivity contribution is 0.0716. The fraction of sp³-hybridized carbons (Fsp3) is 0. The maximum Gasteiger partial charge on any atom is 0.346 e.